The molecule has 178 valence electrons. The van der Waals surface area contributed by atoms with Gasteiger partial charge in [-0.05, 0) is 57.2 Å². The van der Waals surface area contributed by atoms with Gasteiger partial charge in [0.2, 0.25) is 0 Å². The molecule has 0 aliphatic heterocycles. The van der Waals surface area contributed by atoms with E-state index in [0.29, 0.717) is 38.8 Å². The number of pyridine rings is 1. The van der Waals surface area contributed by atoms with Gasteiger partial charge in [0, 0.05) is 23.0 Å². The van der Waals surface area contributed by atoms with E-state index in [2.05, 4.69) is 25.6 Å². The first-order valence-electron chi connectivity index (χ1n) is 10.9. The van der Waals surface area contributed by atoms with Crippen LogP contribution in [0.1, 0.15) is 36.5 Å². The number of aliphatic hydroxyl groups is 1. The first-order chi connectivity index (χ1) is 16.8. The zero-order valence-corrected chi connectivity index (χ0v) is 19.2. The lowest BCUT2D eigenvalue weighted by atomic mass is 10.0. The molecule has 5 aromatic rings. The number of nitrogens with zero attached hydrogens (tertiary/aromatic N) is 7. The third kappa shape index (κ3) is 4.33. The highest BCUT2D eigenvalue weighted by Crippen LogP contribution is 2.31. The molecule has 0 amide bonds. The Bertz CT molecular complexity index is 1510. The third-order valence-electron chi connectivity index (χ3n) is 5.60. The predicted molar refractivity (Wildman–Crippen MR) is 127 cm³/mol. The maximum Gasteiger partial charge on any atom is 0.333 e. The van der Waals surface area contributed by atoms with Crippen molar-refractivity contribution in [3.8, 4) is 17.1 Å². The molecule has 0 bridgehead atoms. The molecule has 0 aliphatic carbocycles. The number of anilines is 2. The molecule has 0 radical (unpaired) electrons. The van der Waals surface area contributed by atoms with Crippen molar-refractivity contribution in [3.05, 3.63) is 71.9 Å². The van der Waals surface area contributed by atoms with Crippen LogP contribution in [0, 0.1) is 13.8 Å². The largest absolute Gasteiger partial charge is 0.389 e. The SMILES string of the molecule is Cc1ccc(Nc2ccc3c(c2)ncn3-c2ccc(C(C)O)c(-c3cn(C(F)F)nc3C)n2)nn1. The summed E-state index contributed by atoms with van der Waals surface area (Å²) in [7, 11) is 0. The van der Waals surface area contributed by atoms with Gasteiger partial charge in [-0.1, -0.05) is 6.07 Å². The fraction of sp³-hybridized carbons (Fsp3) is 0.208. The van der Waals surface area contributed by atoms with Crippen LogP contribution >= 0.6 is 0 Å². The number of imidazole rings is 1. The number of aliphatic hydroxyl groups excluding tert-OH is 1. The minimum atomic E-state index is -2.77. The van der Waals surface area contributed by atoms with Crippen molar-refractivity contribution >= 4 is 22.5 Å². The van der Waals surface area contributed by atoms with Crippen molar-refractivity contribution < 1.29 is 13.9 Å². The van der Waals surface area contributed by atoms with Gasteiger partial charge in [0.25, 0.3) is 0 Å². The summed E-state index contributed by atoms with van der Waals surface area (Å²) in [6, 6.07) is 12.9. The second-order valence-corrected chi connectivity index (χ2v) is 8.17. The van der Waals surface area contributed by atoms with Crippen molar-refractivity contribution in [2.24, 2.45) is 0 Å². The summed E-state index contributed by atoms with van der Waals surface area (Å²) < 4.78 is 28.8. The standard InChI is InChI=1S/C24H22F2N8O/c1-13-4-8-21(31-30-13)28-16-5-7-20-19(10-16)27-12-33(20)22-9-6-17(15(3)35)23(29-22)18-11-34(24(25)26)32-14(18)2/h4-12,15,24,35H,1-3H3,(H,28,31). The maximum absolute atomic E-state index is 13.2. The van der Waals surface area contributed by atoms with Crippen LogP contribution < -0.4 is 5.32 Å². The monoisotopic (exact) mass is 476 g/mol. The molecule has 5 rings (SSSR count). The van der Waals surface area contributed by atoms with Gasteiger partial charge in [0.15, 0.2) is 5.82 Å². The molecule has 11 heteroatoms. The molecule has 35 heavy (non-hydrogen) atoms. The van der Waals surface area contributed by atoms with Crippen LogP contribution in [-0.4, -0.2) is 39.6 Å². The van der Waals surface area contributed by atoms with Crippen LogP contribution in [0.4, 0.5) is 20.3 Å². The maximum atomic E-state index is 13.2. The van der Waals surface area contributed by atoms with Crippen LogP contribution in [0.25, 0.3) is 28.1 Å². The van der Waals surface area contributed by atoms with E-state index in [1.54, 1.807) is 36.9 Å². The molecule has 9 nitrogen and oxygen atoms in total. The van der Waals surface area contributed by atoms with Crippen LogP contribution in [0.2, 0.25) is 0 Å². The van der Waals surface area contributed by atoms with Gasteiger partial charge in [-0.25, -0.2) is 14.6 Å². The Balaban J connectivity index is 1.54. The minimum absolute atomic E-state index is 0.389. The average Bonchev–Trinajstić information content (AvgIpc) is 3.43. The van der Waals surface area contributed by atoms with E-state index in [1.165, 1.54) is 6.20 Å². The summed E-state index contributed by atoms with van der Waals surface area (Å²) in [5.74, 6) is 1.15. The van der Waals surface area contributed by atoms with Crippen molar-refractivity contribution in [1.29, 1.82) is 0 Å². The number of aromatic nitrogens is 7. The van der Waals surface area contributed by atoms with Gasteiger partial charge in [0.05, 0.1) is 34.2 Å². The Kier molecular flexibility index (Phi) is 5.69. The number of alkyl halides is 2. The molecular formula is C24H22F2N8O. The number of benzene rings is 1. The molecule has 2 N–H and O–H groups in total. The Morgan fingerprint density at radius 3 is 2.54 bits per heavy atom. The number of nitrogens with one attached hydrogen (secondary N) is 1. The van der Waals surface area contributed by atoms with Crippen LogP contribution in [0.3, 0.4) is 0 Å². The van der Waals surface area contributed by atoms with E-state index in [9.17, 15) is 13.9 Å². The molecule has 1 atom stereocenters. The number of aryl methyl sites for hydroxylation is 2. The number of hydrogen-bond acceptors (Lipinski definition) is 7. The number of halogens is 2. The second kappa shape index (κ2) is 8.84. The van der Waals surface area contributed by atoms with E-state index in [4.69, 9.17) is 4.98 Å². The molecular weight excluding hydrogens is 454 g/mol. The van der Waals surface area contributed by atoms with E-state index in [0.717, 1.165) is 22.4 Å². The molecule has 1 unspecified atom stereocenters. The lowest BCUT2D eigenvalue weighted by Crippen LogP contribution is -2.03. The number of rotatable bonds is 6. The Morgan fingerprint density at radius 2 is 1.86 bits per heavy atom. The third-order valence-corrected chi connectivity index (χ3v) is 5.60. The van der Waals surface area contributed by atoms with E-state index in [1.807, 2.05) is 37.3 Å². The number of hydrogen-bond donors (Lipinski definition) is 2. The van der Waals surface area contributed by atoms with Crippen molar-refractivity contribution in [3.63, 3.8) is 0 Å². The number of fused-ring (bicyclic) bond motifs is 1. The zero-order valence-electron chi connectivity index (χ0n) is 19.2. The zero-order chi connectivity index (χ0) is 24.7. The highest BCUT2D eigenvalue weighted by molar-refractivity contribution is 5.82. The molecule has 4 aromatic heterocycles. The highest BCUT2D eigenvalue weighted by Gasteiger charge is 2.20. The molecule has 4 heterocycles. The van der Waals surface area contributed by atoms with E-state index in [-0.39, 0.29) is 0 Å². The van der Waals surface area contributed by atoms with E-state index < -0.39 is 12.7 Å². The van der Waals surface area contributed by atoms with Gasteiger partial charge in [0.1, 0.15) is 12.1 Å². The topological polar surface area (TPSA) is 107 Å². The average molecular weight is 476 g/mol. The molecule has 0 spiro atoms. The minimum Gasteiger partial charge on any atom is -0.389 e. The predicted octanol–water partition coefficient (Wildman–Crippen LogP) is 4.88. The normalized spacial score (nSPS) is 12.4. The Hall–Kier alpha value is -4.25. The van der Waals surface area contributed by atoms with Crippen LogP contribution in [0.5, 0.6) is 0 Å². The Labute approximate surface area is 199 Å². The molecule has 1 aromatic carbocycles. The first-order valence-corrected chi connectivity index (χ1v) is 10.9. The second-order valence-electron chi connectivity index (χ2n) is 8.17. The van der Waals surface area contributed by atoms with Gasteiger partial charge in [-0.2, -0.15) is 19.0 Å². The summed E-state index contributed by atoms with van der Waals surface area (Å²) in [6.45, 7) is 2.34. The summed E-state index contributed by atoms with van der Waals surface area (Å²) in [6.07, 6.45) is 2.04. The van der Waals surface area contributed by atoms with Gasteiger partial charge in [-0.15, -0.1) is 5.10 Å². The smallest absolute Gasteiger partial charge is 0.333 e. The fourth-order valence-electron chi connectivity index (χ4n) is 3.85. The Morgan fingerprint density at radius 1 is 1.03 bits per heavy atom. The summed E-state index contributed by atoms with van der Waals surface area (Å²) in [4.78, 5) is 9.22. The highest BCUT2D eigenvalue weighted by atomic mass is 19.3. The molecule has 0 saturated carbocycles. The van der Waals surface area contributed by atoms with Gasteiger partial charge in [-0.3, -0.25) is 4.57 Å². The molecule has 0 fully saturated rings. The fourth-order valence-corrected chi connectivity index (χ4v) is 3.85. The summed E-state index contributed by atoms with van der Waals surface area (Å²) >= 11 is 0. The summed E-state index contributed by atoms with van der Waals surface area (Å²) in [5, 5.41) is 25.5. The van der Waals surface area contributed by atoms with Crippen molar-refractivity contribution in [2.75, 3.05) is 5.32 Å². The van der Waals surface area contributed by atoms with Crippen molar-refractivity contribution in [1.82, 2.24) is 34.5 Å². The van der Waals surface area contributed by atoms with Crippen molar-refractivity contribution in [2.45, 2.75) is 33.4 Å². The lowest BCUT2D eigenvalue weighted by Gasteiger charge is -2.13. The molecule has 0 aliphatic rings. The lowest BCUT2D eigenvalue weighted by molar-refractivity contribution is 0.0563. The quantitative estimate of drug-likeness (QED) is 0.360. The van der Waals surface area contributed by atoms with Crippen LogP contribution in [0.15, 0.2) is 55.0 Å². The van der Waals surface area contributed by atoms with Gasteiger partial charge < -0.3 is 10.4 Å². The van der Waals surface area contributed by atoms with Gasteiger partial charge >= 0.3 is 6.55 Å². The first kappa shape index (κ1) is 22.5. The van der Waals surface area contributed by atoms with Crippen LogP contribution in [-0.2, 0) is 0 Å². The molecule has 0 saturated heterocycles. The van der Waals surface area contributed by atoms with E-state index >= 15 is 0 Å². The summed E-state index contributed by atoms with van der Waals surface area (Å²) in [5.41, 5.74) is 4.87.